The monoisotopic (exact) mass is 239 g/mol. The highest BCUT2D eigenvalue weighted by molar-refractivity contribution is 5.77. The summed E-state index contributed by atoms with van der Waals surface area (Å²) >= 11 is 0. The molecule has 0 saturated heterocycles. The molecular weight excluding hydrogens is 218 g/mol. The molecule has 5 nitrogen and oxygen atoms in total. The zero-order valence-corrected chi connectivity index (χ0v) is 11.0. The van der Waals surface area contributed by atoms with Gasteiger partial charge in [0.1, 0.15) is 6.61 Å². The Morgan fingerprint density at radius 2 is 2.24 bits per heavy atom. The molecule has 0 aliphatic heterocycles. The van der Waals surface area contributed by atoms with Crippen molar-refractivity contribution in [2.45, 2.75) is 39.8 Å². The molecule has 17 heavy (non-hydrogen) atoms. The third-order valence-corrected chi connectivity index (χ3v) is 2.06. The largest absolute Gasteiger partial charge is 0.366 e. The van der Waals surface area contributed by atoms with Crippen LogP contribution in [0.2, 0.25) is 0 Å². The molecule has 0 spiro atoms. The molecule has 1 aromatic heterocycles. The van der Waals surface area contributed by atoms with E-state index in [1.807, 2.05) is 33.9 Å². The lowest BCUT2D eigenvalue weighted by Gasteiger charge is -2.18. The molecule has 1 rings (SSSR count). The van der Waals surface area contributed by atoms with Crippen LogP contribution in [0.3, 0.4) is 0 Å². The molecule has 1 aromatic rings. The molecular formula is C12H21N3O2. The number of carbonyl (C=O) groups is 1. The van der Waals surface area contributed by atoms with Crippen LogP contribution in [0.25, 0.3) is 0 Å². The van der Waals surface area contributed by atoms with Gasteiger partial charge >= 0.3 is 0 Å². The number of aryl methyl sites for hydroxylation is 1. The molecule has 0 atom stereocenters. The van der Waals surface area contributed by atoms with Gasteiger partial charge < -0.3 is 10.1 Å². The fourth-order valence-electron chi connectivity index (χ4n) is 1.23. The van der Waals surface area contributed by atoms with Crippen molar-refractivity contribution < 1.29 is 9.53 Å². The van der Waals surface area contributed by atoms with Crippen LogP contribution in [0.4, 0.5) is 0 Å². The van der Waals surface area contributed by atoms with Gasteiger partial charge in [0, 0.05) is 12.7 Å². The van der Waals surface area contributed by atoms with E-state index < -0.39 is 0 Å². The Morgan fingerprint density at radius 1 is 1.53 bits per heavy atom. The van der Waals surface area contributed by atoms with E-state index in [4.69, 9.17) is 4.74 Å². The highest BCUT2D eigenvalue weighted by Gasteiger charge is 2.12. The van der Waals surface area contributed by atoms with Crippen LogP contribution in [-0.4, -0.2) is 34.4 Å². The summed E-state index contributed by atoms with van der Waals surface area (Å²) in [6.07, 6.45) is 3.74. The number of aromatic nitrogens is 2. The van der Waals surface area contributed by atoms with E-state index >= 15 is 0 Å². The molecule has 1 amide bonds. The summed E-state index contributed by atoms with van der Waals surface area (Å²) < 4.78 is 7.17. The predicted octanol–water partition coefficient (Wildman–Crippen LogP) is 1.12. The van der Waals surface area contributed by atoms with Crippen molar-refractivity contribution in [3.05, 3.63) is 18.0 Å². The molecule has 0 aliphatic carbocycles. The molecule has 1 N–H and O–H groups in total. The van der Waals surface area contributed by atoms with Gasteiger partial charge in [0.25, 0.3) is 0 Å². The molecule has 0 saturated carbocycles. The normalized spacial score (nSPS) is 11.5. The number of carbonyl (C=O) groups excluding carboxylic acids is 1. The Balaban J connectivity index is 2.16. The molecule has 0 aromatic carbocycles. The minimum atomic E-state index is -0.281. The second kappa shape index (κ2) is 5.82. The molecule has 5 heteroatoms. The van der Waals surface area contributed by atoms with Crippen molar-refractivity contribution >= 4 is 5.91 Å². The Morgan fingerprint density at radius 3 is 2.76 bits per heavy atom. The van der Waals surface area contributed by atoms with E-state index in [-0.39, 0.29) is 18.1 Å². The first-order chi connectivity index (χ1) is 7.87. The van der Waals surface area contributed by atoms with E-state index in [0.717, 1.165) is 5.56 Å². The van der Waals surface area contributed by atoms with Gasteiger partial charge in [-0.15, -0.1) is 0 Å². The number of nitrogens with zero attached hydrogens (tertiary/aromatic N) is 2. The van der Waals surface area contributed by atoms with Crippen LogP contribution in [-0.2, 0) is 16.1 Å². The average molecular weight is 239 g/mol. The zero-order valence-electron chi connectivity index (χ0n) is 11.0. The van der Waals surface area contributed by atoms with Crippen molar-refractivity contribution in [3.63, 3.8) is 0 Å². The molecule has 1 heterocycles. The third kappa shape index (κ3) is 6.06. The van der Waals surface area contributed by atoms with E-state index in [9.17, 15) is 4.79 Å². The minimum Gasteiger partial charge on any atom is -0.366 e. The van der Waals surface area contributed by atoms with Crippen molar-refractivity contribution in [1.82, 2.24) is 15.1 Å². The van der Waals surface area contributed by atoms with Crippen LogP contribution in [0.5, 0.6) is 0 Å². The first kappa shape index (κ1) is 13.7. The quantitative estimate of drug-likeness (QED) is 0.837. The van der Waals surface area contributed by atoms with Gasteiger partial charge in [-0.05, 0) is 33.3 Å². The van der Waals surface area contributed by atoms with Crippen molar-refractivity contribution in [3.8, 4) is 0 Å². The lowest BCUT2D eigenvalue weighted by atomic mass is 10.2. The van der Waals surface area contributed by atoms with Crippen molar-refractivity contribution in [2.75, 3.05) is 13.2 Å². The maximum absolute atomic E-state index is 11.4. The summed E-state index contributed by atoms with van der Waals surface area (Å²) in [5.74, 6) is -0.0937. The maximum atomic E-state index is 11.4. The topological polar surface area (TPSA) is 56.2 Å². The fraction of sp³-hybridized carbons (Fsp3) is 0.667. The second-order valence-corrected chi connectivity index (χ2v) is 5.03. The van der Waals surface area contributed by atoms with Gasteiger partial charge in [0.05, 0.1) is 18.3 Å². The summed E-state index contributed by atoms with van der Waals surface area (Å²) in [4.78, 5) is 11.4. The Bertz CT molecular complexity index is 366. The Labute approximate surface area is 102 Å². The van der Waals surface area contributed by atoms with E-state index in [1.165, 1.54) is 0 Å². The molecule has 0 unspecified atom stereocenters. The Hall–Kier alpha value is -1.36. The average Bonchev–Trinajstić information content (AvgIpc) is 2.60. The number of hydrogen-bond acceptors (Lipinski definition) is 3. The molecule has 0 fully saturated rings. The summed E-state index contributed by atoms with van der Waals surface area (Å²) in [5, 5.41) is 6.92. The maximum Gasteiger partial charge on any atom is 0.246 e. The third-order valence-electron chi connectivity index (χ3n) is 2.06. The number of nitrogens with one attached hydrogen (secondary N) is 1. The van der Waals surface area contributed by atoms with Gasteiger partial charge in [-0.2, -0.15) is 5.10 Å². The number of amides is 1. The SMILES string of the molecule is Cc1cnn(CCNC(=O)COC(C)(C)C)c1. The Kier molecular flexibility index (Phi) is 4.69. The summed E-state index contributed by atoms with van der Waals surface area (Å²) in [6.45, 7) is 9.09. The fourth-order valence-corrected chi connectivity index (χ4v) is 1.23. The number of ether oxygens (including phenoxy) is 1. The van der Waals surface area contributed by atoms with Crippen LogP contribution < -0.4 is 5.32 Å². The van der Waals surface area contributed by atoms with Crippen LogP contribution in [0, 0.1) is 6.92 Å². The minimum absolute atomic E-state index is 0.0937. The van der Waals surface area contributed by atoms with Crippen LogP contribution in [0.1, 0.15) is 26.3 Å². The number of rotatable bonds is 5. The van der Waals surface area contributed by atoms with Gasteiger partial charge in [-0.3, -0.25) is 9.48 Å². The van der Waals surface area contributed by atoms with Gasteiger partial charge in [-0.1, -0.05) is 0 Å². The number of hydrogen-bond donors (Lipinski definition) is 1. The van der Waals surface area contributed by atoms with Crippen molar-refractivity contribution in [1.29, 1.82) is 0 Å². The van der Waals surface area contributed by atoms with E-state index in [2.05, 4.69) is 10.4 Å². The van der Waals surface area contributed by atoms with Crippen LogP contribution in [0.15, 0.2) is 12.4 Å². The molecule has 96 valence electrons. The molecule has 0 radical (unpaired) electrons. The standard InChI is InChI=1S/C12H21N3O2/c1-10-7-14-15(8-10)6-5-13-11(16)9-17-12(2,3)4/h7-8H,5-6,9H2,1-4H3,(H,13,16). The smallest absolute Gasteiger partial charge is 0.246 e. The van der Waals surface area contributed by atoms with E-state index in [0.29, 0.717) is 13.1 Å². The van der Waals surface area contributed by atoms with Crippen molar-refractivity contribution in [2.24, 2.45) is 0 Å². The lowest BCUT2D eigenvalue weighted by molar-refractivity contribution is -0.130. The second-order valence-electron chi connectivity index (χ2n) is 5.03. The highest BCUT2D eigenvalue weighted by atomic mass is 16.5. The first-order valence-corrected chi connectivity index (χ1v) is 5.76. The van der Waals surface area contributed by atoms with Gasteiger partial charge in [-0.25, -0.2) is 0 Å². The molecule has 0 bridgehead atoms. The summed E-state index contributed by atoms with van der Waals surface area (Å²) in [7, 11) is 0. The molecule has 0 aliphatic rings. The zero-order chi connectivity index (χ0) is 12.9. The first-order valence-electron chi connectivity index (χ1n) is 5.76. The van der Waals surface area contributed by atoms with E-state index in [1.54, 1.807) is 10.9 Å². The summed E-state index contributed by atoms with van der Waals surface area (Å²) in [6, 6.07) is 0. The predicted molar refractivity (Wildman–Crippen MR) is 65.7 cm³/mol. The highest BCUT2D eigenvalue weighted by Crippen LogP contribution is 2.05. The lowest BCUT2D eigenvalue weighted by Crippen LogP contribution is -2.33. The van der Waals surface area contributed by atoms with Gasteiger partial charge in [0.2, 0.25) is 5.91 Å². The summed E-state index contributed by atoms with van der Waals surface area (Å²) in [5.41, 5.74) is 0.837. The van der Waals surface area contributed by atoms with Crippen LogP contribution >= 0.6 is 0 Å². The van der Waals surface area contributed by atoms with Gasteiger partial charge in [0.15, 0.2) is 0 Å².